The number of likely N-dealkylation sites (N-methyl/N-ethyl adjacent to an activating group) is 1. The fraction of sp³-hybridized carbons (Fsp3) is 0.314. The van der Waals surface area contributed by atoms with Crippen LogP contribution < -0.4 is 30.3 Å². The van der Waals surface area contributed by atoms with Crippen LogP contribution in [-0.2, 0) is 0 Å². The lowest BCUT2D eigenvalue weighted by molar-refractivity contribution is 0.191. The number of benzene rings is 2. The smallest absolute Gasteiger partial charge is 0.413 e. The van der Waals surface area contributed by atoms with Crippen molar-refractivity contribution in [3.05, 3.63) is 78.6 Å². The molecule has 3 heterocycles. The van der Waals surface area contributed by atoms with Crippen molar-refractivity contribution in [1.82, 2.24) is 20.2 Å². The Balaban J connectivity index is 1.49. The van der Waals surface area contributed by atoms with Crippen molar-refractivity contribution in [2.75, 3.05) is 55.4 Å². The number of hydrogen-bond acceptors (Lipinski definition) is 10. The first-order valence-electron chi connectivity index (χ1n) is 15.3. The van der Waals surface area contributed by atoms with E-state index in [1.807, 2.05) is 45.0 Å². The lowest BCUT2D eigenvalue weighted by Crippen LogP contribution is -2.46. The number of aromatic nitrogens is 2. The van der Waals surface area contributed by atoms with E-state index in [0.717, 1.165) is 49.5 Å². The summed E-state index contributed by atoms with van der Waals surface area (Å²) in [6.45, 7) is 12.8. The number of anilines is 5. The third-order valence-electron chi connectivity index (χ3n) is 7.57. The Bertz CT molecular complexity index is 1720. The number of nitrogens with zero attached hydrogens (tertiary/aromatic N) is 5. The molecule has 11 heteroatoms. The molecule has 4 aromatic rings. The van der Waals surface area contributed by atoms with Gasteiger partial charge in [-0.2, -0.15) is 5.26 Å². The molecule has 0 radical (unpaired) electrons. The predicted molar refractivity (Wildman–Crippen MR) is 181 cm³/mol. The van der Waals surface area contributed by atoms with E-state index < -0.39 is 11.6 Å². The molecule has 0 unspecified atom stereocenters. The maximum absolute atomic E-state index is 13.0. The summed E-state index contributed by atoms with van der Waals surface area (Å²) in [5.74, 6) is 1.75. The van der Waals surface area contributed by atoms with E-state index in [1.165, 1.54) is 6.20 Å². The number of nitriles is 1. The summed E-state index contributed by atoms with van der Waals surface area (Å²) in [5.41, 5.74) is 3.95. The number of rotatable bonds is 9. The van der Waals surface area contributed by atoms with Crippen molar-refractivity contribution in [2.24, 2.45) is 0 Å². The molecule has 11 nitrogen and oxygen atoms in total. The first-order chi connectivity index (χ1) is 22.2. The van der Waals surface area contributed by atoms with Crippen molar-refractivity contribution >= 4 is 34.8 Å². The van der Waals surface area contributed by atoms with Gasteiger partial charge in [0.05, 0.1) is 24.0 Å². The number of methoxy groups -OCH3 is 1. The molecule has 0 saturated carbocycles. The van der Waals surface area contributed by atoms with Gasteiger partial charge in [0, 0.05) is 61.4 Å². The van der Waals surface area contributed by atoms with Crippen LogP contribution in [0.25, 0.3) is 11.1 Å². The van der Waals surface area contributed by atoms with Gasteiger partial charge in [-0.1, -0.05) is 31.2 Å². The third kappa shape index (κ3) is 7.83. The number of amides is 1. The molecule has 1 saturated heterocycles. The fourth-order valence-electron chi connectivity index (χ4n) is 5.24. The van der Waals surface area contributed by atoms with Gasteiger partial charge in [-0.3, -0.25) is 0 Å². The Morgan fingerprint density at radius 3 is 2.46 bits per heavy atom. The minimum absolute atomic E-state index is 0.325. The lowest BCUT2D eigenvalue weighted by Gasteiger charge is -2.36. The monoisotopic (exact) mass is 620 g/mol. The Morgan fingerprint density at radius 1 is 0.957 bits per heavy atom. The fourth-order valence-corrected chi connectivity index (χ4v) is 5.24. The zero-order chi connectivity index (χ0) is 32.7. The molecule has 1 amide bonds. The Hall–Kier alpha value is -5.34. The normalized spacial score (nSPS) is 13.4. The van der Waals surface area contributed by atoms with Gasteiger partial charge < -0.3 is 35.2 Å². The molecular weight excluding hydrogens is 580 g/mol. The van der Waals surface area contributed by atoms with Gasteiger partial charge >= 0.3 is 6.09 Å². The van der Waals surface area contributed by atoms with Crippen molar-refractivity contribution in [3.8, 4) is 28.7 Å². The standard InChI is InChI=1S/C35H40N8O3/c1-6-42-16-18-43(19-17-42)29-11-8-7-10-26(29)24-13-14-27(31(20-24)46-34(44)41-35(2,3)4)39-32-21-28(25(22-36)23-38-32)40-33-30(45-5)12-9-15-37-33/h7-15,20-21,23H,6,16-19H2,1-5H3,(H,41,44)(H2,37,38,39,40). The Kier molecular flexibility index (Phi) is 9.88. The van der Waals surface area contributed by atoms with Gasteiger partial charge in [-0.05, 0) is 63.2 Å². The van der Waals surface area contributed by atoms with E-state index in [2.05, 4.69) is 66.9 Å². The molecule has 0 spiro atoms. The summed E-state index contributed by atoms with van der Waals surface area (Å²) in [7, 11) is 1.55. The summed E-state index contributed by atoms with van der Waals surface area (Å²) in [6.07, 6.45) is 2.53. The van der Waals surface area contributed by atoms with Gasteiger partial charge in [-0.25, -0.2) is 14.8 Å². The van der Waals surface area contributed by atoms with Crippen LogP contribution in [0.5, 0.6) is 11.5 Å². The topological polar surface area (TPSA) is 128 Å². The summed E-state index contributed by atoms with van der Waals surface area (Å²) in [4.78, 5) is 26.6. The lowest BCUT2D eigenvalue weighted by atomic mass is 10.0. The molecule has 2 aromatic carbocycles. The van der Waals surface area contributed by atoms with Crippen LogP contribution in [0.15, 0.2) is 73.1 Å². The second-order valence-electron chi connectivity index (χ2n) is 11.9. The quantitative estimate of drug-likeness (QED) is 0.190. The molecule has 2 aromatic heterocycles. The number of carbonyl (C=O) groups is 1. The number of pyridine rings is 2. The SMILES string of the molecule is CCN1CCN(c2ccccc2-c2ccc(Nc3cc(Nc4ncccc4OC)c(C#N)cn3)c(OC(=O)NC(C)(C)C)c2)CC1. The highest BCUT2D eigenvalue weighted by Gasteiger charge is 2.21. The van der Waals surface area contributed by atoms with E-state index >= 15 is 0 Å². The predicted octanol–water partition coefficient (Wildman–Crippen LogP) is 6.54. The number of hydrogen-bond donors (Lipinski definition) is 3. The van der Waals surface area contributed by atoms with Crippen molar-refractivity contribution in [2.45, 2.75) is 33.2 Å². The molecule has 1 aliphatic heterocycles. The van der Waals surface area contributed by atoms with E-state index in [4.69, 9.17) is 9.47 Å². The second kappa shape index (κ2) is 14.2. The number of nitrogens with one attached hydrogen (secondary N) is 3. The van der Waals surface area contributed by atoms with Crippen LogP contribution in [-0.4, -0.2) is 66.3 Å². The highest BCUT2D eigenvalue weighted by molar-refractivity contribution is 5.84. The summed E-state index contributed by atoms with van der Waals surface area (Å²) >= 11 is 0. The number of piperazine rings is 1. The average molecular weight is 621 g/mol. The van der Waals surface area contributed by atoms with E-state index in [-0.39, 0.29) is 0 Å². The summed E-state index contributed by atoms with van der Waals surface area (Å²) in [5, 5.41) is 19.1. The first kappa shape index (κ1) is 32.1. The van der Waals surface area contributed by atoms with Crippen molar-refractivity contribution in [1.29, 1.82) is 5.26 Å². The zero-order valence-corrected chi connectivity index (χ0v) is 26.9. The van der Waals surface area contributed by atoms with Crippen LogP contribution in [0.3, 0.4) is 0 Å². The Labute approximate surface area is 270 Å². The van der Waals surface area contributed by atoms with Gasteiger partial charge in [-0.15, -0.1) is 0 Å². The molecule has 5 rings (SSSR count). The molecule has 3 N–H and O–H groups in total. The van der Waals surface area contributed by atoms with Crippen molar-refractivity contribution < 1.29 is 14.3 Å². The van der Waals surface area contributed by atoms with Crippen LogP contribution in [0, 0.1) is 11.3 Å². The number of ether oxygens (including phenoxy) is 2. The van der Waals surface area contributed by atoms with E-state index in [0.29, 0.717) is 40.1 Å². The van der Waals surface area contributed by atoms with Gasteiger partial charge in [0.15, 0.2) is 17.3 Å². The third-order valence-corrected chi connectivity index (χ3v) is 7.57. The van der Waals surface area contributed by atoms with Crippen LogP contribution in [0.2, 0.25) is 0 Å². The van der Waals surface area contributed by atoms with Crippen molar-refractivity contribution in [3.63, 3.8) is 0 Å². The van der Waals surface area contributed by atoms with Gasteiger partial charge in [0.2, 0.25) is 0 Å². The second-order valence-corrected chi connectivity index (χ2v) is 11.9. The molecule has 1 fully saturated rings. The molecule has 46 heavy (non-hydrogen) atoms. The number of para-hydroxylation sites is 1. The molecule has 1 aliphatic rings. The molecule has 238 valence electrons. The molecular formula is C35H40N8O3. The largest absolute Gasteiger partial charge is 0.493 e. The van der Waals surface area contributed by atoms with Crippen LogP contribution in [0.1, 0.15) is 33.3 Å². The highest BCUT2D eigenvalue weighted by Crippen LogP contribution is 2.38. The van der Waals surface area contributed by atoms with E-state index in [1.54, 1.807) is 31.5 Å². The molecule has 0 atom stereocenters. The first-order valence-corrected chi connectivity index (χ1v) is 15.3. The maximum atomic E-state index is 13.0. The minimum Gasteiger partial charge on any atom is -0.493 e. The zero-order valence-electron chi connectivity index (χ0n) is 26.9. The highest BCUT2D eigenvalue weighted by atomic mass is 16.6. The van der Waals surface area contributed by atoms with E-state index in [9.17, 15) is 10.1 Å². The average Bonchev–Trinajstić information content (AvgIpc) is 3.05. The van der Waals surface area contributed by atoms with Crippen LogP contribution >= 0.6 is 0 Å². The summed E-state index contributed by atoms with van der Waals surface area (Å²) in [6, 6.07) is 21.4. The maximum Gasteiger partial charge on any atom is 0.413 e. The number of carbonyl (C=O) groups excluding carboxylic acids is 1. The van der Waals surface area contributed by atoms with Crippen LogP contribution in [0.4, 0.5) is 33.5 Å². The molecule has 0 bridgehead atoms. The summed E-state index contributed by atoms with van der Waals surface area (Å²) < 4.78 is 11.3. The van der Waals surface area contributed by atoms with Gasteiger partial charge in [0.1, 0.15) is 11.9 Å². The van der Waals surface area contributed by atoms with Gasteiger partial charge in [0.25, 0.3) is 0 Å². The minimum atomic E-state index is -0.575. The Morgan fingerprint density at radius 2 is 1.74 bits per heavy atom. The molecule has 0 aliphatic carbocycles.